The predicted octanol–water partition coefficient (Wildman–Crippen LogP) is 4.44. The average molecular weight is 246 g/mol. The SMILES string of the molecule is CCCC(=O)Oc1ccccc1C1CCCCC1. The highest BCUT2D eigenvalue weighted by Gasteiger charge is 2.19. The van der Waals surface area contributed by atoms with E-state index in [9.17, 15) is 4.79 Å². The van der Waals surface area contributed by atoms with Crippen LogP contribution in [0, 0.1) is 0 Å². The standard InChI is InChI=1S/C16H22O2/c1-2-8-16(17)18-15-12-7-6-11-14(15)13-9-4-3-5-10-13/h6-7,11-13H,2-5,8-10H2,1H3. The summed E-state index contributed by atoms with van der Waals surface area (Å²) in [7, 11) is 0. The van der Waals surface area contributed by atoms with Crippen molar-refractivity contribution < 1.29 is 9.53 Å². The van der Waals surface area contributed by atoms with Gasteiger partial charge < -0.3 is 4.74 Å². The van der Waals surface area contributed by atoms with Gasteiger partial charge in [-0.15, -0.1) is 0 Å². The lowest BCUT2D eigenvalue weighted by atomic mass is 9.84. The van der Waals surface area contributed by atoms with E-state index >= 15 is 0 Å². The quantitative estimate of drug-likeness (QED) is 0.580. The smallest absolute Gasteiger partial charge is 0.311 e. The van der Waals surface area contributed by atoms with Gasteiger partial charge in [-0.1, -0.05) is 44.4 Å². The molecule has 1 aliphatic rings. The molecule has 0 amide bonds. The Morgan fingerprint density at radius 2 is 1.94 bits per heavy atom. The molecule has 0 saturated heterocycles. The van der Waals surface area contributed by atoms with Crippen LogP contribution in [0.4, 0.5) is 0 Å². The minimum Gasteiger partial charge on any atom is -0.426 e. The third-order valence-electron chi connectivity index (χ3n) is 3.64. The molecule has 1 fully saturated rings. The topological polar surface area (TPSA) is 26.3 Å². The second kappa shape index (κ2) is 6.58. The Morgan fingerprint density at radius 3 is 2.67 bits per heavy atom. The maximum atomic E-state index is 11.6. The number of para-hydroxylation sites is 1. The zero-order chi connectivity index (χ0) is 12.8. The largest absolute Gasteiger partial charge is 0.426 e. The van der Waals surface area contributed by atoms with Crippen LogP contribution >= 0.6 is 0 Å². The van der Waals surface area contributed by atoms with Gasteiger partial charge in [-0.25, -0.2) is 0 Å². The molecule has 0 aromatic heterocycles. The number of rotatable bonds is 4. The van der Waals surface area contributed by atoms with E-state index in [0.717, 1.165) is 12.2 Å². The van der Waals surface area contributed by atoms with Gasteiger partial charge in [0.25, 0.3) is 0 Å². The molecule has 0 spiro atoms. The van der Waals surface area contributed by atoms with Crippen LogP contribution in [0.15, 0.2) is 24.3 Å². The average Bonchev–Trinajstić information content (AvgIpc) is 2.40. The van der Waals surface area contributed by atoms with Crippen LogP contribution in [0.2, 0.25) is 0 Å². The number of esters is 1. The third-order valence-corrected chi connectivity index (χ3v) is 3.64. The second-order valence-electron chi connectivity index (χ2n) is 5.10. The number of hydrogen-bond acceptors (Lipinski definition) is 2. The minimum atomic E-state index is -0.110. The van der Waals surface area contributed by atoms with E-state index in [0.29, 0.717) is 12.3 Å². The Morgan fingerprint density at radius 1 is 1.22 bits per heavy atom. The van der Waals surface area contributed by atoms with Gasteiger partial charge in [0.05, 0.1) is 0 Å². The van der Waals surface area contributed by atoms with Gasteiger partial charge in [0.1, 0.15) is 5.75 Å². The molecular formula is C16H22O2. The lowest BCUT2D eigenvalue weighted by Crippen LogP contribution is -2.11. The van der Waals surface area contributed by atoms with E-state index in [1.54, 1.807) is 0 Å². The first-order valence-electron chi connectivity index (χ1n) is 7.11. The van der Waals surface area contributed by atoms with Crippen LogP contribution in [0.5, 0.6) is 5.75 Å². The maximum absolute atomic E-state index is 11.6. The number of ether oxygens (including phenoxy) is 1. The number of benzene rings is 1. The Labute approximate surface area is 109 Å². The van der Waals surface area contributed by atoms with Crippen LogP contribution < -0.4 is 4.74 Å². The van der Waals surface area contributed by atoms with Gasteiger partial charge >= 0.3 is 5.97 Å². The molecule has 2 rings (SSSR count). The highest BCUT2D eigenvalue weighted by molar-refractivity contribution is 5.72. The molecule has 0 bridgehead atoms. The molecule has 1 aliphatic carbocycles. The summed E-state index contributed by atoms with van der Waals surface area (Å²) in [5.74, 6) is 1.24. The first-order valence-corrected chi connectivity index (χ1v) is 7.11. The van der Waals surface area contributed by atoms with Gasteiger partial charge in [-0.3, -0.25) is 4.79 Å². The summed E-state index contributed by atoms with van der Waals surface area (Å²) in [5, 5.41) is 0. The molecule has 18 heavy (non-hydrogen) atoms. The fourth-order valence-electron chi connectivity index (χ4n) is 2.70. The van der Waals surface area contributed by atoms with E-state index in [1.165, 1.54) is 37.7 Å². The minimum absolute atomic E-state index is 0.110. The van der Waals surface area contributed by atoms with E-state index < -0.39 is 0 Å². The maximum Gasteiger partial charge on any atom is 0.311 e. The van der Waals surface area contributed by atoms with Crippen molar-refractivity contribution in [1.29, 1.82) is 0 Å². The molecule has 1 aromatic carbocycles. The van der Waals surface area contributed by atoms with E-state index in [2.05, 4.69) is 6.07 Å². The summed E-state index contributed by atoms with van der Waals surface area (Å²) < 4.78 is 5.50. The zero-order valence-corrected chi connectivity index (χ0v) is 11.2. The molecule has 1 saturated carbocycles. The fourth-order valence-corrected chi connectivity index (χ4v) is 2.70. The van der Waals surface area contributed by atoms with Gasteiger partial charge in [0.2, 0.25) is 0 Å². The van der Waals surface area contributed by atoms with Gasteiger partial charge in [0, 0.05) is 6.42 Å². The van der Waals surface area contributed by atoms with Gasteiger partial charge in [-0.2, -0.15) is 0 Å². The van der Waals surface area contributed by atoms with Crippen molar-refractivity contribution in [2.45, 2.75) is 57.8 Å². The molecule has 0 heterocycles. The van der Waals surface area contributed by atoms with E-state index in [4.69, 9.17) is 4.74 Å². The molecule has 0 aliphatic heterocycles. The molecule has 98 valence electrons. The van der Waals surface area contributed by atoms with E-state index in [1.807, 2.05) is 25.1 Å². The Kier molecular flexibility index (Phi) is 4.80. The molecule has 2 heteroatoms. The second-order valence-corrected chi connectivity index (χ2v) is 5.10. The monoisotopic (exact) mass is 246 g/mol. The molecule has 0 radical (unpaired) electrons. The third kappa shape index (κ3) is 3.34. The summed E-state index contributed by atoms with van der Waals surface area (Å²) in [6.07, 6.45) is 7.71. The van der Waals surface area contributed by atoms with Crippen molar-refractivity contribution in [3.8, 4) is 5.75 Å². The molecule has 2 nitrogen and oxygen atoms in total. The van der Waals surface area contributed by atoms with Crippen LogP contribution in [0.1, 0.15) is 63.4 Å². The van der Waals surface area contributed by atoms with E-state index in [-0.39, 0.29) is 5.97 Å². The van der Waals surface area contributed by atoms with Crippen molar-refractivity contribution in [2.75, 3.05) is 0 Å². The normalized spacial score (nSPS) is 16.5. The van der Waals surface area contributed by atoms with Crippen LogP contribution in [-0.4, -0.2) is 5.97 Å². The lowest BCUT2D eigenvalue weighted by Gasteiger charge is -2.23. The number of hydrogen-bond donors (Lipinski definition) is 0. The van der Waals surface area contributed by atoms with Crippen LogP contribution in [-0.2, 0) is 4.79 Å². The summed E-state index contributed by atoms with van der Waals surface area (Å²) in [4.78, 5) is 11.6. The first-order chi connectivity index (χ1) is 8.81. The number of carbonyl (C=O) groups is 1. The Hall–Kier alpha value is -1.31. The first kappa shape index (κ1) is 13.1. The molecular weight excluding hydrogens is 224 g/mol. The Balaban J connectivity index is 2.11. The summed E-state index contributed by atoms with van der Waals surface area (Å²) in [6.45, 7) is 1.99. The van der Waals surface area contributed by atoms with Crippen molar-refractivity contribution in [1.82, 2.24) is 0 Å². The number of carbonyl (C=O) groups excluding carboxylic acids is 1. The van der Waals surface area contributed by atoms with Crippen molar-refractivity contribution >= 4 is 5.97 Å². The van der Waals surface area contributed by atoms with Crippen molar-refractivity contribution in [3.05, 3.63) is 29.8 Å². The lowest BCUT2D eigenvalue weighted by molar-refractivity contribution is -0.134. The van der Waals surface area contributed by atoms with Crippen LogP contribution in [0.3, 0.4) is 0 Å². The highest BCUT2D eigenvalue weighted by Crippen LogP contribution is 2.37. The molecule has 0 N–H and O–H groups in total. The fraction of sp³-hybridized carbons (Fsp3) is 0.562. The van der Waals surface area contributed by atoms with Crippen molar-refractivity contribution in [2.24, 2.45) is 0 Å². The zero-order valence-electron chi connectivity index (χ0n) is 11.2. The predicted molar refractivity (Wildman–Crippen MR) is 72.8 cm³/mol. The van der Waals surface area contributed by atoms with Gasteiger partial charge in [0.15, 0.2) is 0 Å². The van der Waals surface area contributed by atoms with Crippen LogP contribution in [0.25, 0.3) is 0 Å². The van der Waals surface area contributed by atoms with Gasteiger partial charge in [-0.05, 0) is 36.8 Å². The molecule has 0 unspecified atom stereocenters. The molecule has 1 aromatic rings. The van der Waals surface area contributed by atoms with Crippen molar-refractivity contribution in [3.63, 3.8) is 0 Å². The highest BCUT2D eigenvalue weighted by atomic mass is 16.5. The summed E-state index contributed by atoms with van der Waals surface area (Å²) in [6, 6.07) is 8.03. The molecule has 0 atom stereocenters. The Bertz CT molecular complexity index is 392. The summed E-state index contributed by atoms with van der Waals surface area (Å²) in [5.41, 5.74) is 1.22. The summed E-state index contributed by atoms with van der Waals surface area (Å²) >= 11 is 0.